The largest absolute Gasteiger partial charge is 0.494 e. The summed E-state index contributed by atoms with van der Waals surface area (Å²) < 4.78 is 39.6. The number of amides is 1. The van der Waals surface area contributed by atoms with Gasteiger partial charge in [-0.2, -0.15) is 5.26 Å². The molecule has 3 heterocycles. The van der Waals surface area contributed by atoms with Gasteiger partial charge in [0, 0.05) is 35.0 Å². The molecular weight excluding hydrogens is 484 g/mol. The number of carbonyl (C=O) groups is 1. The van der Waals surface area contributed by atoms with Crippen LogP contribution in [0.3, 0.4) is 0 Å². The molecule has 0 aliphatic carbocycles. The second kappa shape index (κ2) is 9.62. The van der Waals surface area contributed by atoms with E-state index in [1.807, 2.05) is 11.0 Å². The molecule has 1 spiro atoms. The second-order valence-corrected chi connectivity index (χ2v) is 10.3. The van der Waals surface area contributed by atoms with E-state index < -0.39 is 11.6 Å². The first-order chi connectivity index (χ1) is 17.3. The van der Waals surface area contributed by atoms with Crippen molar-refractivity contribution in [2.45, 2.75) is 18.9 Å². The lowest BCUT2D eigenvalue weighted by Gasteiger charge is -2.40. The molecule has 0 unspecified atom stereocenters. The number of ether oxygens (including phenoxy) is 2. The third kappa shape index (κ3) is 4.26. The van der Waals surface area contributed by atoms with Gasteiger partial charge in [0.1, 0.15) is 11.9 Å². The molecule has 1 aromatic heterocycles. The van der Waals surface area contributed by atoms with Gasteiger partial charge in [-0.25, -0.2) is 8.78 Å². The lowest BCUT2D eigenvalue weighted by Crippen LogP contribution is -2.50. The number of nitrogens with zero attached hydrogens (tertiary/aromatic N) is 2. The number of likely N-dealkylation sites (tertiary alicyclic amines) is 1. The summed E-state index contributed by atoms with van der Waals surface area (Å²) in [6.07, 6.45) is 1.55. The maximum absolute atomic E-state index is 14.6. The van der Waals surface area contributed by atoms with Crippen LogP contribution < -0.4 is 10.5 Å². The molecule has 9 heteroatoms. The van der Waals surface area contributed by atoms with E-state index in [-0.39, 0.29) is 28.7 Å². The van der Waals surface area contributed by atoms with Crippen LogP contribution in [0.25, 0.3) is 21.6 Å². The van der Waals surface area contributed by atoms with Gasteiger partial charge in [0.15, 0.2) is 11.6 Å². The average molecular weight is 510 g/mol. The van der Waals surface area contributed by atoms with Gasteiger partial charge in [-0.05, 0) is 60.4 Å². The molecule has 1 atom stereocenters. The van der Waals surface area contributed by atoms with Crippen LogP contribution >= 0.6 is 11.3 Å². The topological polar surface area (TPSA) is 88.6 Å². The van der Waals surface area contributed by atoms with Crippen molar-refractivity contribution >= 4 is 17.2 Å². The standard InChI is InChI=1S/C27H25F2N3O3S/c1-34-22-5-4-17(11-21(22)29)25-19(16-2-3-18(13-30)20(28)10-16)12-23(36-25)26(33)32-8-6-27(7-9-32)15-35-14-24(27)31/h2-5,10-12,24H,6-9,14-15,31H2,1H3/t24-/m1/s1. The third-order valence-corrected chi connectivity index (χ3v) is 8.45. The van der Waals surface area contributed by atoms with E-state index in [4.69, 9.17) is 20.5 Å². The minimum absolute atomic E-state index is 0.0223. The highest BCUT2D eigenvalue weighted by atomic mass is 32.1. The van der Waals surface area contributed by atoms with Gasteiger partial charge in [-0.1, -0.05) is 6.07 Å². The fourth-order valence-electron chi connectivity index (χ4n) is 5.01. The molecule has 2 saturated heterocycles. The van der Waals surface area contributed by atoms with Crippen LogP contribution in [0.1, 0.15) is 28.1 Å². The Bertz CT molecular complexity index is 1360. The molecule has 2 N–H and O–H groups in total. The van der Waals surface area contributed by atoms with Crippen LogP contribution in [0.15, 0.2) is 42.5 Å². The van der Waals surface area contributed by atoms with E-state index in [0.29, 0.717) is 52.7 Å². The Kier molecular flexibility index (Phi) is 6.51. The van der Waals surface area contributed by atoms with Crippen LogP contribution in [0.2, 0.25) is 0 Å². The quantitative estimate of drug-likeness (QED) is 0.545. The molecule has 2 aliphatic rings. The van der Waals surface area contributed by atoms with Gasteiger partial charge in [0.05, 0.1) is 30.8 Å². The highest BCUT2D eigenvalue weighted by molar-refractivity contribution is 7.18. The van der Waals surface area contributed by atoms with Crippen molar-refractivity contribution in [3.05, 3.63) is 64.5 Å². The monoisotopic (exact) mass is 509 g/mol. The van der Waals surface area contributed by atoms with E-state index >= 15 is 0 Å². The number of nitrogens with two attached hydrogens (primary N) is 1. The zero-order valence-corrected chi connectivity index (χ0v) is 20.5. The number of piperidine rings is 1. The lowest BCUT2D eigenvalue weighted by atomic mass is 9.75. The first-order valence-electron chi connectivity index (χ1n) is 11.7. The number of halogens is 2. The Hall–Kier alpha value is -3.32. The number of nitriles is 1. The summed E-state index contributed by atoms with van der Waals surface area (Å²) in [5.74, 6) is -1.21. The molecule has 0 radical (unpaired) electrons. The van der Waals surface area contributed by atoms with Crippen molar-refractivity contribution in [1.82, 2.24) is 4.90 Å². The number of benzene rings is 2. The molecule has 186 valence electrons. The molecule has 2 aromatic carbocycles. The molecule has 0 saturated carbocycles. The number of methoxy groups -OCH3 is 1. The Morgan fingerprint density at radius 3 is 2.50 bits per heavy atom. The summed E-state index contributed by atoms with van der Waals surface area (Å²) in [4.78, 5) is 16.4. The summed E-state index contributed by atoms with van der Waals surface area (Å²) >= 11 is 1.24. The summed E-state index contributed by atoms with van der Waals surface area (Å²) in [6, 6.07) is 12.4. The zero-order chi connectivity index (χ0) is 25.4. The molecule has 2 fully saturated rings. The van der Waals surface area contributed by atoms with Crippen LogP contribution in [-0.4, -0.2) is 50.3 Å². The first kappa shape index (κ1) is 24.4. The van der Waals surface area contributed by atoms with Gasteiger partial charge in [0.2, 0.25) is 0 Å². The Labute approximate surface area is 211 Å². The second-order valence-electron chi connectivity index (χ2n) is 9.29. The molecular formula is C27H25F2N3O3S. The van der Waals surface area contributed by atoms with Crippen molar-refractivity contribution in [2.24, 2.45) is 11.1 Å². The Morgan fingerprint density at radius 2 is 1.89 bits per heavy atom. The number of hydrogen-bond acceptors (Lipinski definition) is 6. The van der Waals surface area contributed by atoms with E-state index in [1.54, 1.807) is 18.2 Å². The zero-order valence-electron chi connectivity index (χ0n) is 19.7. The predicted octanol–water partition coefficient (Wildman–Crippen LogP) is 4.82. The normalized spacial score (nSPS) is 18.9. The van der Waals surface area contributed by atoms with Gasteiger partial charge in [0.25, 0.3) is 5.91 Å². The van der Waals surface area contributed by atoms with Gasteiger partial charge < -0.3 is 20.1 Å². The highest BCUT2D eigenvalue weighted by Crippen LogP contribution is 2.43. The van der Waals surface area contributed by atoms with Crippen LogP contribution in [-0.2, 0) is 4.74 Å². The molecule has 0 bridgehead atoms. The maximum Gasteiger partial charge on any atom is 0.263 e. The van der Waals surface area contributed by atoms with Crippen molar-refractivity contribution in [2.75, 3.05) is 33.4 Å². The molecule has 3 aromatic rings. The predicted molar refractivity (Wildman–Crippen MR) is 133 cm³/mol. The summed E-state index contributed by atoms with van der Waals surface area (Å²) in [7, 11) is 1.39. The van der Waals surface area contributed by atoms with Gasteiger partial charge in [-0.15, -0.1) is 11.3 Å². The van der Waals surface area contributed by atoms with Crippen LogP contribution in [0, 0.1) is 28.4 Å². The molecule has 5 rings (SSSR count). The average Bonchev–Trinajstić information content (AvgIpc) is 3.48. The SMILES string of the molecule is COc1ccc(-c2sc(C(=O)N3CCC4(CC3)COC[C@H]4N)cc2-c2ccc(C#N)c(F)c2)cc1F. The molecule has 36 heavy (non-hydrogen) atoms. The minimum Gasteiger partial charge on any atom is -0.494 e. The third-order valence-electron chi connectivity index (χ3n) is 7.28. The number of hydrogen-bond donors (Lipinski definition) is 1. The van der Waals surface area contributed by atoms with E-state index in [1.165, 1.54) is 42.7 Å². The maximum atomic E-state index is 14.6. The van der Waals surface area contributed by atoms with E-state index in [9.17, 15) is 13.6 Å². The smallest absolute Gasteiger partial charge is 0.263 e. The van der Waals surface area contributed by atoms with Crippen molar-refractivity contribution in [3.8, 4) is 33.4 Å². The number of thiophene rings is 1. The highest BCUT2D eigenvalue weighted by Gasteiger charge is 2.45. The Balaban J connectivity index is 1.50. The molecule has 2 aliphatic heterocycles. The summed E-state index contributed by atoms with van der Waals surface area (Å²) in [6.45, 7) is 2.31. The summed E-state index contributed by atoms with van der Waals surface area (Å²) in [5, 5.41) is 9.10. The molecule has 6 nitrogen and oxygen atoms in total. The van der Waals surface area contributed by atoms with Crippen molar-refractivity contribution < 1.29 is 23.0 Å². The summed E-state index contributed by atoms with van der Waals surface area (Å²) in [5.41, 5.74) is 7.77. The number of carbonyl (C=O) groups excluding carboxylic acids is 1. The lowest BCUT2D eigenvalue weighted by molar-refractivity contribution is 0.0515. The molecule has 1 amide bonds. The fraction of sp³-hybridized carbons (Fsp3) is 0.333. The van der Waals surface area contributed by atoms with Crippen LogP contribution in [0.4, 0.5) is 8.78 Å². The van der Waals surface area contributed by atoms with Gasteiger partial charge in [-0.3, -0.25) is 4.79 Å². The minimum atomic E-state index is -0.655. The van der Waals surface area contributed by atoms with Crippen molar-refractivity contribution in [1.29, 1.82) is 5.26 Å². The van der Waals surface area contributed by atoms with E-state index in [0.717, 1.165) is 12.8 Å². The number of rotatable bonds is 4. The first-order valence-corrected chi connectivity index (χ1v) is 12.5. The van der Waals surface area contributed by atoms with Gasteiger partial charge >= 0.3 is 0 Å². The van der Waals surface area contributed by atoms with Crippen LogP contribution in [0.5, 0.6) is 5.75 Å². The van der Waals surface area contributed by atoms with E-state index in [2.05, 4.69) is 0 Å². The fourth-order valence-corrected chi connectivity index (χ4v) is 6.15. The Morgan fingerprint density at radius 1 is 1.17 bits per heavy atom. The van der Waals surface area contributed by atoms with Crippen molar-refractivity contribution in [3.63, 3.8) is 0 Å².